The Balaban J connectivity index is 2.80. The molecular formula is C6H9N3O. The van der Waals surface area contributed by atoms with Crippen LogP contribution in [0.1, 0.15) is 12.7 Å². The molecule has 0 aromatic carbocycles. The molecule has 0 aliphatic heterocycles. The minimum Gasteiger partial charge on any atom is -0.479 e. The van der Waals surface area contributed by atoms with Crippen LogP contribution in [0, 0.1) is 0 Å². The van der Waals surface area contributed by atoms with Crippen LogP contribution in [0.4, 0.5) is 0 Å². The SMILES string of the molecule is CCc1ncc(OC)nn1. The van der Waals surface area contributed by atoms with Crippen molar-refractivity contribution in [3.05, 3.63) is 12.0 Å². The van der Waals surface area contributed by atoms with E-state index in [1.165, 1.54) is 7.11 Å². The van der Waals surface area contributed by atoms with Crippen molar-refractivity contribution >= 4 is 0 Å². The lowest BCUT2D eigenvalue weighted by Gasteiger charge is -1.95. The van der Waals surface area contributed by atoms with Gasteiger partial charge in [-0.05, 0) is 0 Å². The molecule has 1 rings (SSSR count). The lowest BCUT2D eigenvalue weighted by atomic mass is 10.5. The molecule has 0 amide bonds. The van der Waals surface area contributed by atoms with Crippen molar-refractivity contribution in [2.24, 2.45) is 0 Å². The van der Waals surface area contributed by atoms with Crippen LogP contribution in [0.25, 0.3) is 0 Å². The molecule has 0 fully saturated rings. The lowest BCUT2D eigenvalue weighted by Crippen LogP contribution is -1.97. The fourth-order valence-electron chi connectivity index (χ4n) is 0.544. The van der Waals surface area contributed by atoms with Gasteiger partial charge in [0.2, 0.25) is 0 Å². The molecule has 0 N–H and O–H groups in total. The smallest absolute Gasteiger partial charge is 0.251 e. The second-order valence-corrected chi connectivity index (χ2v) is 1.77. The molecule has 0 unspecified atom stereocenters. The van der Waals surface area contributed by atoms with E-state index in [1.54, 1.807) is 6.20 Å². The van der Waals surface area contributed by atoms with Crippen LogP contribution in [-0.2, 0) is 6.42 Å². The number of nitrogens with zero attached hydrogens (tertiary/aromatic N) is 3. The fraction of sp³-hybridized carbons (Fsp3) is 0.500. The molecule has 1 aromatic heterocycles. The van der Waals surface area contributed by atoms with Gasteiger partial charge in [0.1, 0.15) is 0 Å². The molecule has 0 spiro atoms. The van der Waals surface area contributed by atoms with Crippen molar-refractivity contribution in [1.29, 1.82) is 0 Å². The van der Waals surface area contributed by atoms with E-state index in [2.05, 4.69) is 15.2 Å². The Morgan fingerprint density at radius 3 is 2.70 bits per heavy atom. The van der Waals surface area contributed by atoms with E-state index in [4.69, 9.17) is 4.74 Å². The monoisotopic (exact) mass is 139 g/mol. The molecule has 10 heavy (non-hydrogen) atoms. The number of methoxy groups -OCH3 is 1. The van der Waals surface area contributed by atoms with Crippen molar-refractivity contribution in [2.45, 2.75) is 13.3 Å². The van der Waals surface area contributed by atoms with Gasteiger partial charge in [0.05, 0.1) is 13.3 Å². The normalized spacial score (nSPS) is 9.40. The van der Waals surface area contributed by atoms with Gasteiger partial charge < -0.3 is 4.74 Å². The lowest BCUT2D eigenvalue weighted by molar-refractivity contribution is 0.387. The van der Waals surface area contributed by atoms with E-state index < -0.39 is 0 Å². The molecule has 0 atom stereocenters. The average molecular weight is 139 g/mol. The predicted molar refractivity (Wildman–Crippen MR) is 35.8 cm³/mol. The largest absolute Gasteiger partial charge is 0.479 e. The van der Waals surface area contributed by atoms with E-state index in [0.717, 1.165) is 12.2 Å². The van der Waals surface area contributed by atoms with Crippen molar-refractivity contribution < 1.29 is 4.74 Å². The Bertz CT molecular complexity index is 174. The maximum absolute atomic E-state index is 4.78. The summed E-state index contributed by atoms with van der Waals surface area (Å²) in [5, 5.41) is 7.52. The molecule has 0 saturated heterocycles. The molecule has 54 valence electrons. The van der Waals surface area contributed by atoms with Crippen LogP contribution in [0.3, 0.4) is 0 Å². The van der Waals surface area contributed by atoms with E-state index >= 15 is 0 Å². The van der Waals surface area contributed by atoms with E-state index in [0.29, 0.717) is 5.88 Å². The second-order valence-electron chi connectivity index (χ2n) is 1.77. The molecule has 4 heteroatoms. The van der Waals surface area contributed by atoms with Crippen LogP contribution >= 0.6 is 0 Å². The molecule has 0 saturated carbocycles. The Morgan fingerprint density at radius 1 is 1.50 bits per heavy atom. The molecule has 0 radical (unpaired) electrons. The maximum Gasteiger partial charge on any atom is 0.251 e. The number of hydrogen-bond donors (Lipinski definition) is 0. The standard InChI is InChI=1S/C6H9N3O/c1-3-5-7-4-6(10-2)9-8-5/h4H,3H2,1-2H3. The minimum atomic E-state index is 0.456. The number of aryl methyl sites for hydroxylation is 1. The first-order valence-corrected chi connectivity index (χ1v) is 3.09. The summed E-state index contributed by atoms with van der Waals surface area (Å²) < 4.78 is 4.78. The molecule has 1 aromatic rings. The summed E-state index contributed by atoms with van der Waals surface area (Å²) in [4.78, 5) is 3.97. The Kier molecular flexibility index (Phi) is 2.15. The first-order valence-electron chi connectivity index (χ1n) is 3.09. The van der Waals surface area contributed by atoms with Gasteiger partial charge in [-0.15, -0.1) is 10.2 Å². The zero-order chi connectivity index (χ0) is 7.40. The molecule has 4 nitrogen and oxygen atoms in total. The van der Waals surface area contributed by atoms with Crippen molar-refractivity contribution in [1.82, 2.24) is 15.2 Å². The van der Waals surface area contributed by atoms with Crippen molar-refractivity contribution in [3.8, 4) is 5.88 Å². The van der Waals surface area contributed by atoms with E-state index in [-0.39, 0.29) is 0 Å². The third-order valence-corrected chi connectivity index (χ3v) is 1.11. The third-order valence-electron chi connectivity index (χ3n) is 1.11. The van der Waals surface area contributed by atoms with Crippen LogP contribution in [-0.4, -0.2) is 22.3 Å². The number of rotatable bonds is 2. The van der Waals surface area contributed by atoms with Gasteiger partial charge in [0, 0.05) is 6.42 Å². The van der Waals surface area contributed by atoms with Crippen LogP contribution in [0.2, 0.25) is 0 Å². The van der Waals surface area contributed by atoms with E-state index in [9.17, 15) is 0 Å². The van der Waals surface area contributed by atoms with Crippen LogP contribution in [0.5, 0.6) is 5.88 Å². The summed E-state index contributed by atoms with van der Waals surface area (Å²) in [6.45, 7) is 1.98. The van der Waals surface area contributed by atoms with Gasteiger partial charge in [-0.3, -0.25) is 0 Å². The Morgan fingerprint density at radius 2 is 2.30 bits per heavy atom. The highest BCUT2D eigenvalue weighted by molar-refractivity contribution is 4.99. The minimum absolute atomic E-state index is 0.456. The third kappa shape index (κ3) is 1.40. The maximum atomic E-state index is 4.78. The first-order chi connectivity index (χ1) is 4.86. The summed E-state index contributed by atoms with van der Waals surface area (Å²) in [6.07, 6.45) is 2.36. The molecule has 0 aliphatic carbocycles. The Labute approximate surface area is 59.3 Å². The van der Waals surface area contributed by atoms with Crippen molar-refractivity contribution in [2.75, 3.05) is 7.11 Å². The highest BCUT2D eigenvalue weighted by Crippen LogP contribution is 1.98. The summed E-state index contributed by atoms with van der Waals surface area (Å²) in [5.41, 5.74) is 0. The average Bonchev–Trinajstić information content (AvgIpc) is 2.05. The fourth-order valence-corrected chi connectivity index (χ4v) is 0.544. The quantitative estimate of drug-likeness (QED) is 0.596. The van der Waals surface area contributed by atoms with Crippen molar-refractivity contribution in [3.63, 3.8) is 0 Å². The first kappa shape index (κ1) is 6.92. The number of ether oxygens (including phenoxy) is 1. The molecule has 0 bridgehead atoms. The van der Waals surface area contributed by atoms with Crippen LogP contribution in [0.15, 0.2) is 6.20 Å². The number of hydrogen-bond acceptors (Lipinski definition) is 4. The highest BCUT2D eigenvalue weighted by Gasteiger charge is 1.94. The molecule has 1 heterocycles. The zero-order valence-corrected chi connectivity index (χ0v) is 6.03. The second kappa shape index (κ2) is 3.10. The summed E-state index contributed by atoms with van der Waals surface area (Å²) in [6, 6.07) is 0. The van der Waals surface area contributed by atoms with Gasteiger partial charge in [-0.2, -0.15) is 0 Å². The summed E-state index contributed by atoms with van der Waals surface area (Å²) in [7, 11) is 1.54. The van der Waals surface area contributed by atoms with Gasteiger partial charge in [-0.25, -0.2) is 4.98 Å². The van der Waals surface area contributed by atoms with Crippen LogP contribution < -0.4 is 4.74 Å². The number of aromatic nitrogens is 3. The van der Waals surface area contributed by atoms with Gasteiger partial charge >= 0.3 is 0 Å². The van der Waals surface area contributed by atoms with Gasteiger partial charge in [0.15, 0.2) is 5.82 Å². The predicted octanol–water partition coefficient (Wildman–Crippen LogP) is 0.443. The summed E-state index contributed by atoms with van der Waals surface area (Å²) in [5.74, 6) is 1.19. The van der Waals surface area contributed by atoms with E-state index in [1.807, 2.05) is 6.92 Å². The molecular weight excluding hydrogens is 130 g/mol. The topological polar surface area (TPSA) is 47.9 Å². The Hall–Kier alpha value is -1.19. The van der Waals surface area contributed by atoms with Gasteiger partial charge in [-0.1, -0.05) is 6.92 Å². The molecule has 0 aliphatic rings. The highest BCUT2D eigenvalue weighted by atomic mass is 16.5. The zero-order valence-electron chi connectivity index (χ0n) is 6.03. The van der Waals surface area contributed by atoms with Gasteiger partial charge in [0.25, 0.3) is 5.88 Å². The summed E-state index contributed by atoms with van der Waals surface area (Å²) >= 11 is 0.